The predicted molar refractivity (Wildman–Crippen MR) is 124 cm³/mol. The number of aromatic nitrogens is 3. The van der Waals surface area contributed by atoms with E-state index in [1.54, 1.807) is 16.6 Å². The summed E-state index contributed by atoms with van der Waals surface area (Å²) in [6, 6.07) is 14.5. The van der Waals surface area contributed by atoms with Crippen LogP contribution in [-0.2, 0) is 11.3 Å². The quantitative estimate of drug-likeness (QED) is 0.489. The maximum absolute atomic E-state index is 13.2. The maximum atomic E-state index is 13.2. The lowest BCUT2D eigenvalue weighted by molar-refractivity contribution is -0.125. The van der Waals surface area contributed by atoms with Crippen LogP contribution in [0.25, 0.3) is 16.2 Å². The zero-order valence-electron chi connectivity index (χ0n) is 17.8. The molecule has 0 radical (unpaired) electrons. The molecule has 1 saturated heterocycles. The van der Waals surface area contributed by atoms with E-state index in [-0.39, 0.29) is 17.6 Å². The first kappa shape index (κ1) is 20.6. The van der Waals surface area contributed by atoms with Crippen molar-refractivity contribution in [1.82, 2.24) is 19.9 Å². The summed E-state index contributed by atoms with van der Waals surface area (Å²) < 4.78 is 14.9. The summed E-state index contributed by atoms with van der Waals surface area (Å²) in [6.45, 7) is 4.13. The molecule has 1 N–H and O–H groups in total. The van der Waals surface area contributed by atoms with E-state index in [0.717, 1.165) is 46.3 Å². The third-order valence-electron chi connectivity index (χ3n) is 5.82. The Morgan fingerprint density at radius 3 is 2.72 bits per heavy atom. The Hall–Kier alpha value is -3.26. The minimum Gasteiger partial charge on any atom is -0.352 e. The number of amides is 1. The summed E-state index contributed by atoms with van der Waals surface area (Å²) in [7, 11) is 0. The number of nitrogens with zero attached hydrogens (tertiary/aromatic N) is 4. The van der Waals surface area contributed by atoms with Crippen LogP contribution in [0, 0.1) is 18.7 Å². The largest absolute Gasteiger partial charge is 0.352 e. The molecule has 2 aromatic heterocycles. The third-order valence-corrected chi connectivity index (χ3v) is 6.81. The highest BCUT2D eigenvalue weighted by molar-refractivity contribution is 7.20. The van der Waals surface area contributed by atoms with E-state index >= 15 is 0 Å². The van der Waals surface area contributed by atoms with E-state index in [1.807, 2.05) is 18.3 Å². The molecule has 8 heteroatoms. The molecule has 6 nitrogen and oxygen atoms in total. The molecular weight excluding hydrogens is 425 g/mol. The SMILES string of the molecule is Cc1ccc(CNC(=O)C2CCCN(c3nn4cc(-c5ccc(F)cc5)nc4s3)C2)cc1. The lowest BCUT2D eigenvalue weighted by Crippen LogP contribution is -2.43. The molecule has 1 atom stereocenters. The average Bonchev–Trinajstić information content (AvgIpc) is 3.39. The second-order valence-corrected chi connectivity index (χ2v) is 9.17. The highest BCUT2D eigenvalue weighted by atomic mass is 32.1. The molecule has 2 aromatic carbocycles. The van der Waals surface area contributed by atoms with Gasteiger partial charge < -0.3 is 10.2 Å². The molecule has 164 valence electrons. The number of fused-ring (bicyclic) bond motifs is 1. The van der Waals surface area contributed by atoms with Crippen LogP contribution >= 0.6 is 11.3 Å². The van der Waals surface area contributed by atoms with Crippen LogP contribution in [0.2, 0.25) is 0 Å². The molecular formula is C24H24FN5OS. The molecule has 1 aliphatic heterocycles. The van der Waals surface area contributed by atoms with Gasteiger partial charge in [0.25, 0.3) is 0 Å². The molecule has 0 saturated carbocycles. The molecule has 1 unspecified atom stereocenters. The summed E-state index contributed by atoms with van der Waals surface area (Å²) in [5, 5.41) is 8.64. The van der Waals surface area contributed by atoms with Crippen molar-refractivity contribution in [2.75, 3.05) is 18.0 Å². The smallest absolute Gasteiger partial charge is 0.225 e. The molecule has 5 rings (SSSR count). The third kappa shape index (κ3) is 4.36. The number of carbonyl (C=O) groups excluding carboxylic acids is 1. The van der Waals surface area contributed by atoms with Crippen molar-refractivity contribution >= 4 is 27.3 Å². The van der Waals surface area contributed by atoms with Crippen molar-refractivity contribution < 1.29 is 9.18 Å². The maximum Gasteiger partial charge on any atom is 0.225 e. The number of imidazole rings is 1. The van der Waals surface area contributed by atoms with Crippen molar-refractivity contribution in [3.05, 3.63) is 71.7 Å². The molecule has 3 heterocycles. The fourth-order valence-electron chi connectivity index (χ4n) is 3.98. The Morgan fingerprint density at radius 2 is 1.97 bits per heavy atom. The molecule has 32 heavy (non-hydrogen) atoms. The first-order valence-electron chi connectivity index (χ1n) is 10.8. The van der Waals surface area contributed by atoms with E-state index < -0.39 is 0 Å². The summed E-state index contributed by atoms with van der Waals surface area (Å²) >= 11 is 1.51. The first-order chi connectivity index (χ1) is 15.5. The molecule has 1 amide bonds. The van der Waals surface area contributed by atoms with E-state index in [9.17, 15) is 9.18 Å². The fourth-order valence-corrected chi connectivity index (χ4v) is 4.90. The number of aryl methyl sites for hydroxylation is 1. The highest BCUT2D eigenvalue weighted by Gasteiger charge is 2.27. The van der Waals surface area contributed by atoms with Crippen LogP contribution in [0.1, 0.15) is 24.0 Å². The number of anilines is 1. The van der Waals surface area contributed by atoms with E-state index in [0.29, 0.717) is 13.1 Å². The second-order valence-electron chi connectivity index (χ2n) is 8.23. The Balaban J connectivity index is 1.24. The van der Waals surface area contributed by atoms with Gasteiger partial charge in [0.2, 0.25) is 16.0 Å². The molecule has 1 aliphatic rings. The van der Waals surface area contributed by atoms with Gasteiger partial charge in [-0.05, 0) is 49.6 Å². The summed E-state index contributed by atoms with van der Waals surface area (Å²) in [5.74, 6) is -0.229. The van der Waals surface area contributed by atoms with Crippen molar-refractivity contribution in [3.63, 3.8) is 0 Å². The normalized spacial score (nSPS) is 16.4. The van der Waals surface area contributed by atoms with E-state index in [1.165, 1.54) is 29.0 Å². The number of halogens is 1. The number of carbonyl (C=O) groups is 1. The second kappa shape index (κ2) is 8.70. The number of piperidine rings is 1. The lowest BCUT2D eigenvalue weighted by atomic mass is 9.97. The summed E-state index contributed by atoms with van der Waals surface area (Å²) in [4.78, 5) is 20.4. The number of nitrogens with one attached hydrogen (secondary N) is 1. The van der Waals surface area contributed by atoms with Crippen LogP contribution in [0.15, 0.2) is 54.7 Å². The average molecular weight is 450 g/mol. The van der Waals surface area contributed by atoms with Crippen LogP contribution in [0.5, 0.6) is 0 Å². The van der Waals surface area contributed by atoms with Gasteiger partial charge in [0.1, 0.15) is 5.82 Å². The first-order valence-corrected chi connectivity index (χ1v) is 11.6. The van der Waals surface area contributed by atoms with Crippen molar-refractivity contribution in [1.29, 1.82) is 0 Å². The highest BCUT2D eigenvalue weighted by Crippen LogP contribution is 2.30. The Labute approximate surface area is 189 Å². The minimum atomic E-state index is -0.266. The van der Waals surface area contributed by atoms with Crippen molar-refractivity contribution in [3.8, 4) is 11.3 Å². The lowest BCUT2D eigenvalue weighted by Gasteiger charge is -2.31. The summed E-state index contributed by atoms with van der Waals surface area (Å²) in [5.41, 5.74) is 3.94. The van der Waals surface area contributed by atoms with Gasteiger partial charge in [0, 0.05) is 25.2 Å². The van der Waals surface area contributed by atoms with E-state index in [2.05, 4.69) is 39.4 Å². The zero-order valence-corrected chi connectivity index (χ0v) is 18.6. The van der Waals surface area contributed by atoms with Gasteiger partial charge >= 0.3 is 0 Å². The molecule has 0 bridgehead atoms. The predicted octanol–water partition coefficient (Wildman–Crippen LogP) is 4.44. The van der Waals surface area contributed by atoms with Gasteiger partial charge in [-0.2, -0.15) is 0 Å². The van der Waals surface area contributed by atoms with Gasteiger partial charge in [-0.25, -0.2) is 13.9 Å². The van der Waals surface area contributed by atoms with Crippen LogP contribution in [0.4, 0.5) is 9.52 Å². The number of benzene rings is 2. The van der Waals surface area contributed by atoms with Gasteiger partial charge in [0.15, 0.2) is 0 Å². The molecule has 4 aromatic rings. The van der Waals surface area contributed by atoms with Crippen molar-refractivity contribution in [2.45, 2.75) is 26.3 Å². The Morgan fingerprint density at radius 1 is 1.19 bits per heavy atom. The standard InChI is InChI=1S/C24H24FN5OS/c1-16-4-6-17(7-5-16)13-26-22(31)19-3-2-12-29(14-19)24-28-30-15-21(27-23(30)32-24)18-8-10-20(25)11-9-18/h4-11,15,19H,2-3,12-14H2,1H3,(H,26,31). The Bertz CT molecular complexity index is 1200. The molecule has 0 aliphatic carbocycles. The van der Waals surface area contributed by atoms with E-state index in [4.69, 9.17) is 0 Å². The zero-order chi connectivity index (χ0) is 22.1. The monoisotopic (exact) mass is 449 g/mol. The minimum absolute atomic E-state index is 0.0554. The number of hydrogen-bond acceptors (Lipinski definition) is 5. The molecule has 0 spiro atoms. The van der Waals surface area contributed by atoms with Gasteiger partial charge in [-0.1, -0.05) is 41.2 Å². The topological polar surface area (TPSA) is 62.5 Å². The Kier molecular flexibility index (Phi) is 5.61. The fraction of sp³-hybridized carbons (Fsp3) is 0.292. The molecule has 1 fully saturated rings. The van der Waals surface area contributed by atoms with Gasteiger partial charge in [-0.3, -0.25) is 4.79 Å². The van der Waals surface area contributed by atoms with Gasteiger partial charge in [-0.15, -0.1) is 5.10 Å². The number of hydrogen-bond donors (Lipinski definition) is 1. The van der Waals surface area contributed by atoms with Crippen LogP contribution in [0.3, 0.4) is 0 Å². The summed E-state index contributed by atoms with van der Waals surface area (Å²) in [6.07, 6.45) is 3.69. The van der Waals surface area contributed by atoms with Crippen LogP contribution < -0.4 is 10.2 Å². The number of rotatable bonds is 5. The van der Waals surface area contributed by atoms with Crippen molar-refractivity contribution in [2.24, 2.45) is 5.92 Å². The van der Waals surface area contributed by atoms with Gasteiger partial charge in [0.05, 0.1) is 17.8 Å². The van der Waals surface area contributed by atoms with Crippen LogP contribution in [-0.4, -0.2) is 33.6 Å².